The zero-order valence-electron chi connectivity index (χ0n) is 13.2. The molecule has 1 aromatic rings. The Bertz CT molecular complexity index is 513. The molecule has 0 fully saturated rings. The third-order valence-corrected chi connectivity index (χ3v) is 3.30. The molecule has 1 aromatic carbocycles. The molecule has 0 aliphatic carbocycles. The lowest BCUT2D eigenvalue weighted by molar-refractivity contribution is -0.130. The van der Waals surface area contributed by atoms with Crippen LogP contribution in [-0.4, -0.2) is 15.0 Å². The monoisotopic (exact) mass is 291 g/mol. The Morgan fingerprint density at radius 1 is 1.20 bits per heavy atom. The summed E-state index contributed by atoms with van der Waals surface area (Å²) in [5.74, 6) is 0.655. The van der Waals surface area contributed by atoms with Crippen LogP contribution in [0.5, 0.6) is 11.5 Å². The Morgan fingerprint density at radius 3 is 2.25 bits per heavy atom. The summed E-state index contributed by atoms with van der Waals surface area (Å²) in [5.41, 5.74) is 1.53. The van der Waals surface area contributed by atoms with Crippen molar-refractivity contribution in [2.24, 2.45) is 0 Å². The van der Waals surface area contributed by atoms with Crippen LogP contribution in [0.15, 0.2) is 30.4 Å². The second-order valence-corrected chi connectivity index (χ2v) is 8.11. The molecule has 20 heavy (non-hydrogen) atoms. The van der Waals surface area contributed by atoms with E-state index in [9.17, 15) is 4.79 Å². The van der Waals surface area contributed by atoms with Crippen LogP contribution in [0.2, 0.25) is 13.1 Å². The van der Waals surface area contributed by atoms with E-state index < -0.39 is 15.0 Å². The highest BCUT2D eigenvalue weighted by molar-refractivity contribution is 6.49. The maximum Gasteiger partial charge on any atom is 0.338 e. The van der Waals surface area contributed by atoms with Crippen LogP contribution in [0.25, 0.3) is 0 Å². The van der Waals surface area contributed by atoms with Gasteiger partial charge in [-0.3, -0.25) is 0 Å². The first-order chi connectivity index (χ1) is 9.11. The van der Waals surface area contributed by atoms with Gasteiger partial charge in [0.05, 0.1) is 0 Å². The van der Waals surface area contributed by atoms with Crippen LogP contribution < -0.4 is 9.16 Å². The molecular formula is C16H23O3Si. The number of ether oxygens (including phenoxy) is 1. The molecule has 0 bridgehead atoms. The van der Waals surface area contributed by atoms with E-state index in [0.717, 1.165) is 5.56 Å². The molecule has 109 valence electrons. The summed E-state index contributed by atoms with van der Waals surface area (Å²) in [4.78, 5) is 11.7. The lowest BCUT2D eigenvalue weighted by Crippen LogP contribution is -2.16. The Balaban J connectivity index is 3.16. The molecule has 1 rings (SSSR count). The van der Waals surface area contributed by atoms with Crippen molar-refractivity contribution in [3.63, 3.8) is 0 Å². The van der Waals surface area contributed by atoms with E-state index in [0.29, 0.717) is 17.1 Å². The molecule has 0 aromatic heterocycles. The van der Waals surface area contributed by atoms with E-state index >= 15 is 0 Å². The second-order valence-electron chi connectivity index (χ2n) is 6.09. The van der Waals surface area contributed by atoms with Crippen LogP contribution in [0.1, 0.15) is 33.3 Å². The Kier molecular flexibility index (Phi) is 5.17. The second kappa shape index (κ2) is 6.26. The van der Waals surface area contributed by atoms with Gasteiger partial charge in [-0.05, 0) is 43.1 Å². The van der Waals surface area contributed by atoms with Crippen molar-refractivity contribution in [1.82, 2.24) is 0 Å². The standard InChI is InChI=1S/C16H23O3Si/c1-11(2)15(17)18-13-9-8-12(16(3,4)5)10-14(13)19-20(6)7/h8-10H,1H2,2-7H3. The molecule has 0 saturated heterocycles. The highest BCUT2D eigenvalue weighted by atomic mass is 28.3. The third kappa shape index (κ3) is 4.53. The van der Waals surface area contributed by atoms with Gasteiger partial charge in [-0.25, -0.2) is 4.79 Å². The van der Waals surface area contributed by atoms with Gasteiger partial charge in [0, 0.05) is 5.57 Å². The van der Waals surface area contributed by atoms with Crippen molar-refractivity contribution in [2.45, 2.75) is 46.2 Å². The van der Waals surface area contributed by atoms with Gasteiger partial charge >= 0.3 is 5.97 Å². The number of rotatable bonds is 4. The maximum atomic E-state index is 11.7. The summed E-state index contributed by atoms with van der Waals surface area (Å²) >= 11 is 0. The first-order valence-corrected chi connectivity index (χ1v) is 9.02. The van der Waals surface area contributed by atoms with Gasteiger partial charge in [0.25, 0.3) is 9.04 Å². The number of esters is 1. The number of carbonyl (C=O) groups is 1. The van der Waals surface area contributed by atoms with Crippen molar-refractivity contribution in [1.29, 1.82) is 0 Å². The minimum Gasteiger partial charge on any atom is -0.540 e. The van der Waals surface area contributed by atoms with Crippen LogP contribution >= 0.6 is 0 Å². The van der Waals surface area contributed by atoms with E-state index in [4.69, 9.17) is 9.16 Å². The van der Waals surface area contributed by atoms with E-state index in [1.807, 2.05) is 25.2 Å². The van der Waals surface area contributed by atoms with Crippen LogP contribution in [0.3, 0.4) is 0 Å². The highest BCUT2D eigenvalue weighted by Gasteiger charge is 2.19. The topological polar surface area (TPSA) is 35.5 Å². The lowest BCUT2D eigenvalue weighted by atomic mass is 9.87. The Morgan fingerprint density at radius 2 is 1.80 bits per heavy atom. The number of hydrogen-bond acceptors (Lipinski definition) is 3. The van der Waals surface area contributed by atoms with Crippen molar-refractivity contribution in [3.05, 3.63) is 35.9 Å². The average Bonchev–Trinajstić information content (AvgIpc) is 2.28. The van der Waals surface area contributed by atoms with E-state index in [1.54, 1.807) is 13.0 Å². The molecule has 4 heteroatoms. The molecule has 0 aliphatic heterocycles. The number of carbonyl (C=O) groups excluding carboxylic acids is 1. The average molecular weight is 291 g/mol. The summed E-state index contributed by atoms with van der Waals surface area (Å²) in [6.07, 6.45) is 0. The minimum atomic E-state index is -0.939. The smallest absolute Gasteiger partial charge is 0.338 e. The van der Waals surface area contributed by atoms with Gasteiger partial charge in [-0.2, -0.15) is 0 Å². The fourth-order valence-corrected chi connectivity index (χ4v) is 2.14. The Labute approximate surface area is 123 Å². The van der Waals surface area contributed by atoms with Crippen LogP contribution in [0.4, 0.5) is 0 Å². The summed E-state index contributed by atoms with van der Waals surface area (Å²) in [6, 6.07) is 5.71. The maximum absolute atomic E-state index is 11.7. The van der Waals surface area contributed by atoms with Crippen molar-refractivity contribution in [2.75, 3.05) is 0 Å². The molecule has 3 nitrogen and oxygen atoms in total. The highest BCUT2D eigenvalue weighted by Crippen LogP contribution is 2.34. The van der Waals surface area contributed by atoms with Crippen LogP contribution in [-0.2, 0) is 10.2 Å². The summed E-state index contributed by atoms with van der Waals surface area (Å²) in [5, 5.41) is 0. The van der Waals surface area contributed by atoms with Gasteiger partial charge in [-0.15, -0.1) is 0 Å². The molecular weight excluding hydrogens is 268 g/mol. The predicted octanol–water partition coefficient (Wildman–Crippen LogP) is 4.10. The molecule has 0 spiro atoms. The first-order valence-electron chi connectivity index (χ1n) is 6.61. The van der Waals surface area contributed by atoms with Crippen molar-refractivity contribution in [3.8, 4) is 11.5 Å². The minimum absolute atomic E-state index is 0.0173. The summed E-state index contributed by atoms with van der Waals surface area (Å²) in [6.45, 7) is 15.7. The predicted molar refractivity (Wildman–Crippen MR) is 83.7 cm³/mol. The van der Waals surface area contributed by atoms with Gasteiger partial charge < -0.3 is 9.16 Å². The van der Waals surface area contributed by atoms with Gasteiger partial charge in [0.1, 0.15) is 5.75 Å². The largest absolute Gasteiger partial charge is 0.540 e. The third-order valence-electron chi connectivity index (χ3n) is 2.67. The van der Waals surface area contributed by atoms with E-state index in [1.165, 1.54) is 0 Å². The van der Waals surface area contributed by atoms with E-state index in [2.05, 4.69) is 27.4 Å². The first kappa shape index (κ1) is 16.5. The molecule has 0 heterocycles. The zero-order valence-corrected chi connectivity index (χ0v) is 14.2. The number of benzene rings is 1. The van der Waals surface area contributed by atoms with Crippen molar-refractivity contribution >= 4 is 15.0 Å². The fraction of sp³-hybridized carbons (Fsp3) is 0.438. The Hall–Kier alpha value is -1.55. The summed E-state index contributed by atoms with van der Waals surface area (Å²) in [7, 11) is -0.939. The molecule has 0 N–H and O–H groups in total. The number of hydrogen-bond donors (Lipinski definition) is 0. The quantitative estimate of drug-likeness (QED) is 0.363. The zero-order chi connectivity index (χ0) is 15.5. The molecule has 1 radical (unpaired) electrons. The van der Waals surface area contributed by atoms with Crippen LogP contribution in [0, 0.1) is 0 Å². The molecule has 0 aliphatic rings. The molecule has 0 amide bonds. The lowest BCUT2D eigenvalue weighted by Gasteiger charge is -2.22. The molecule has 0 saturated carbocycles. The van der Waals surface area contributed by atoms with Crippen molar-refractivity contribution < 1.29 is 14.0 Å². The molecule has 0 atom stereocenters. The van der Waals surface area contributed by atoms with E-state index in [-0.39, 0.29) is 5.41 Å². The van der Waals surface area contributed by atoms with Gasteiger partial charge in [0.15, 0.2) is 5.75 Å². The van der Waals surface area contributed by atoms with Gasteiger partial charge in [-0.1, -0.05) is 33.4 Å². The normalized spacial score (nSPS) is 11.3. The summed E-state index contributed by atoms with van der Waals surface area (Å²) < 4.78 is 11.2. The molecule has 0 unspecified atom stereocenters. The SMILES string of the molecule is C=C(C)C(=O)Oc1ccc(C(C)(C)C)cc1O[Si](C)C. The van der Waals surface area contributed by atoms with Gasteiger partial charge in [0.2, 0.25) is 0 Å². The fourth-order valence-electron chi connectivity index (χ4n) is 1.55.